The Morgan fingerprint density at radius 2 is 1.92 bits per heavy atom. The molecule has 2 heterocycles. The summed E-state index contributed by atoms with van der Waals surface area (Å²) in [5.41, 5.74) is 0.527. The van der Waals surface area contributed by atoms with Gasteiger partial charge in [0.05, 0.1) is 26.6 Å². The Balaban J connectivity index is 1.68. The van der Waals surface area contributed by atoms with E-state index in [1.54, 1.807) is 6.92 Å². The first-order valence-electron chi connectivity index (χ1n) is 11.8. The molecule has 1 fully saturated rings. The Bertz CT molecular complexity index is 1520. The van der Waals surface area contributed by atoms with Crippen LogP contribution in [0.2, 0.25) is 0 Å². The minimum atomic E-state index is -3.68. The topological polar surface area (TPSA) is 141 Å². The van der Waals surface area contributed by atoms with E-state index in [1.807, 2.05) is 6.92 Å². The Hall–Kier alpha value is -3.42. The number of aromatic nitrogens is 1. The molecule has 0 N–H and O–H groups in total. The maximum atomic E-state index is 13.1. The Labute approximate surface area is 217 Å². The van der Waals surface area contributed by atoms with Crippen LogP contribution in [-0.2, 0) is 26.1 Å². The summed E-state index contributed by atoms with van der Waals surface area (Å²) in [5, 5.41) is 11.2. The van der Waals surface area contributed by atoms with Crippen molar-refractivity contribution in [3.8, 4) is 0 Å². The van der Waals surface area contributed by atoms with Gasteiger partial charge in [-0.15, -0.1) is 0 Å². The van der Waals surface area contributed by atoms with Gasteiger partial charge in [-0.2, -0.15) is 9.30 Å². The molecule has 0 radical (unpaired) electrons. The molecule has 1 aliphatic heterocycles. The van der Waals surface area contributed by atoms with Crippen molar-refractivity contribution in [1.29, 1.82) is 0 Å². The van der Waals surface area contributed by atoms with Gasteiger partial charge in [-0.1, -0.05) is 17.8 Å². The molecule has 1 aromatic heterocycles. The number of ether oxygens (including phenoxy) is 1. The van der Waals surface area contributed by atoms with Crippen LogP contribution >= 0.6 is 11.3 Å². The average Bonchev–Trinajstić information content (AvgIpc) is 3.20. The van der Waals surface area contributed by atoms with E-state index in [-0.39, 0.29) is 40.1 Å². The van der Waals surface area contributed by atoms with Crippen molar-refractivity contribution in [2.45, 2.75) is 50.6 Å². The Morgan fingerprint density at radius 1 is 1.19 bits per heavy atom. The smallest absolute Gasteiger partial charge is 0.326 e. The van der Waals surface area contributed by atoms with Gasteiger partial charge in [0.2, 0.25) is 10.0 Å². The number of carbonyl (C=O) groups is 2. The van der Waals surface area contributed by atoms with E-state index in [9.17, 15) is 28.1 Å². The number of carbonyl (C=O) groups excluding carboxylic acids is 2. The monoisotopic (exact) mass is 546 g/mol. The lowest BCUT2D eigenvalue weighted by molar-refractivity contribution is -0.384. The van der Waals surface area contributed by atoms with E-state index in [1.165, 1.54) is 51.3 Å². The lowest BCUT2D eigenvalue weighted by Crippen LogP contribution is -2.41. The van der Waals surface area contributed by atoms with Crippen LogP contribution in [-0.4, -0.2) is 53.3 Å². The number of nitrogens with zero attached hydrogens (tertiary/aromatic N) is 4. The standard InChI is InChI=1S/C24H26N4O7S2/c1-3-35-22(29)15-26-20-12-9-18(28(31)32)14-21(20)36-24(26)25-23(30)17-7-10-19(11-8-17)37(33,34)27-13-5-4-6-16(27)2/h7-12,14,16H,3-6,13,15H2,1-2H3. The number of nitro groups is 1. The van der Waals surface area contributed by atoms with Crippen molar-refractivity contribution in [3.05, 3.63) is 62.9 Å². The van der Waals surface area contributed by atoms with Gasteiger partial charge >= 0.3 is 5.97 Å². The number of piperidine rings is 1. The number of hydrogen-bond donors (Lipinski definition) is 0. The summed E-state index contributed by atoms with van der Waals surface area (Å²) in [7, 11) is -3.68. The summed E-state index contributed by atoms with van der Waals surface area (Å²) in [6.45, 7) is 3.96. The summed E-state index contributed by atoms with van der Waals surface area (Å²) in [4.78, 5) is 40.2. The second-order valence-electron chi connectivity index (χ2n) is 8.59. The van der Waals surface area contributed by atoms with Crippen LogP contribution in [0.15, 0.2) is 52.4 Å². The molecule has 3 aromatic rings. The number of sulfonamides is 1. The first-order chi connectivity index (χ1) is 17.6. The number of amides is 1. The maximum absolute atomic E-state index is 13.1. The second kappa shape index (κ2) is 10.9. The van der Waals surface area contributed by atoms with Crippen LogP contribution in [0.5, 0.6) is 0 Å². The first-order valence-corrected chi connectivity index (χ1v) is 14.0. The van der Waals surface area contributed by atoms with Gasteiger partial charge in [0.1, 0.15) is 6.54 Å². The fourth-order valence-electron chi connectivity index (χ4n) is 4.23. The molecule has 37 heavy (non-hydrogen) atoms. The molecule has 4 rings (SSSR count). The molecule has 1 atom stereocenters. The lowest BCUT2D eigenvalue weighted by atomic mass is 10.1. The highest BCUT2D eigenvalue weighted by Gasteiger charge is 2.31. The number of non-ortho nitro benzene ring substituents is 1. The number of esters is 1. The van der Waals surface area contributed by atoms with Crippen molar-refractivity contribution < 1.29 is 27.7 Å². The maximum Gasteiger partial charge on any atom is 0.326 e. The second-order valence-corrected chi connectivity index (χ2v) is 11.5. The third kappa shape index (κ3) is 5.63. The number of thiazole rings is 1. The van der Waals surface area contributed by atoms with Crippen molar-refractivity contribution >= 4 is 49.1 Å². The molecule has 0 bridgehead atoms. The van der Waals surface area contributed by atoms with Crippen LogP contribution in [0.25, 0.3) is 10.2 Å². The van der Waals surface area contributed by atoms with E-state index >= 15 is 0 Å². The molecule has 0 saturated carbocycles. The minimum absolute atomic E-state index is 0.0892. The summed E-state index contributed by atoms with van der Waals surface area (Å²) in [6, 6.07) is 9.65. The van der Waals surface area contributed by atoms with Gasteiger partial charge < -0.3 is 9.30 Å². The first kappa shape index (κ1) is 26.6. The molecular formula is C24H26N4O7S2. The number of benzene rings is 2. The summed E-state index contributed by atoms with van der Waals surface area (Å²) in [5.74, 6) is -1.19. The van der Waals surface area contributed by atoms with Crippen LogP contribution < -0.4 is 4.80 Å². The van der Waals surface area contributed by atoms with Gasteiger partial charge in [-0.3, -0.25) is 19.7 Å². The van der Waals surface area contributed by atoms with E-state index in [0.29, 0.717) is 16.8 Å². The van der Waals surface area contributed by atoms with Gasteiger partial charge in [-0.05, 0) is 57.0 Å². The molecule has 13 heteroatoms. The third-order valence-electron chi connectivity index (χ3n) is 6.12. The van der Waals surface area contributed by atoms with Crippen LogP contribution in [0.4, 0.5) is 5.69 Å². The van der Waals surface area contributed by atoms with Gasteiger partial charge in [0, 0.05) is 30.3 Å². The largest absolute Gasteiger partial charge is 0.465 e. The zero-order valence-corrected chi connectivity index (χ0v) is 22.0. The molecule has 1 saturated heterocycles. The molecule has 1 amide bonds. The number of fused-ring (bicyclic) bond motifs is 1. The van der Waals surface area contributed by atoms with Gasteiger partial charge in [0.25, 0.3) is 11.6 Å². The molecule has 0 spiro atoms. The highest BCUT2D eigenvalue weighted by atomic mass is 32.2. The number of hydrogen-bond acceptors (Lipinski definition) is 8. The summed E-state index contributed by atoms with van der Waals surface area (Å²) >= 11 is 1.03. The zero-order valence-electron chi connectivity index (χ0n) is 20.3. The molecular weight excluding hydrogens is 520 g/mol. The molecule has 196 valence electrons. The predicted octanol–water partition coefficient (Wildman–Crippen LogP) is 3.48. The van der Waals surface area contributed by atoms with Crippen LogP contribution in [0.1, 0.15) is 43.5 Å². The zero-order chi connectivity index (χ0) is 26.7. The molecule has 1 unspecified atom stereocenters. The normalized spacial score (nSPS) is 17.1. The predicted molar refractivity (Wildman–Crippen MR) is 137 cm³/mol. The van der Waals surface area contributed by atoms with Crippen LogP contribution in [0, 0.1) is 10.1 Å². The summed E-state index contributed by atoms with van der Waals surface area (Å²) in [6.07, 6.45) is 2.60. The lowest BCUT2D eigenvalue weighted by Gasteiger charge is -2.32. The molecule has 0 aliphatic carbocycles. The quantitative estimate of drug-likeness (QED) is 0.251. The van der Waals surface area contributed by atoms with Crippen molar-refractivity contribution in [3.63, 3.8) is 0 Å². The highest BCUT2D eigenvalue weighted by Crippen LogP contribution is 2.26. The minimum Gasteiger partial charge on any atom is -0.465 e. The van der Waals surface area contributed by atoms with E-state index in [0.717, 1.165) is 30.6 Å². The molecule has 11 nitrogen and oxygen atoms in total. The molecule has 2 aromatic carbocycles. The average molecular weight is 547 g/mol. The third-order valence-corrected chi connectivity index (χ3v) is 9.19. The number of nitro benzene ring substituents is 1. The highest BCUT2D eigenvalue weighted by molar-refractivity contribution is 7.89. The Morgan fingerprint density at radius 3 is 2.57 bits per heavy atom. The van der Waals surface area contributed by atoms with E-state index < -0.39 is 26.8 Å². The SMILES string of the molecule is CCOC(=O)Cn1c(=NC(=O)c2ccc(S(=O)(=O)N3CCCCC3C)cc2)sc2cc([N+](=O)[O-])ccc21. The fraction of sp³-hybridized carbons (Fsp3) is 0.375. The van der Waals surface area contributed by atoms with Gasteiger partial charge in [-0.25, -0.2) is 8.42 Å². The van der Waals surface area contributed by atoms with Crippen LogP contribution in [0.3, 0.4) is 0 Å². The van der Waals surface area contributed by atoms with Crippen molar-refractivity contribution in [2.24, 2.45) is 4.99 Å². The summed E-state index contributed by atoms with van der Waals surface area (Å²) < 4.78 is 34.6. The Kier molecular flexibility index (Phi) is 7.85. The van der Waals surface area contributed by atoms with E-state index in [4.69, 9.17) is 4.74 Å². The number of rotatable bonds is 7. The van der Waals surface area contributed by atoms with Crippen molar-refractivity contribution in [2.75, 3.05) is 13.2 Å². The fourth-order valence-corrected chi connectivity index (χ4v) is 6.99. The van der Waals surface area contributed by atoms with E-state index in [2.05, 4.69) is 4.99 Å². The molecule has 1 aliphatic rings. The van der Waals surface area contributed by atoms with Gasteiger partial charge in [0.15, 0.2) is 4.80 Å². The van der Waals surface area contributed by atoms with Crippen molar-refractivity contribution in [1.82, 2.24) is 8.87 Å².